The Balaban J connectivity index is 2.33. The maximum Gasteiger partial charge on any atom is 0.293 e. The number of carbonyl (C=O) groups is 1. The Morgan fingerprint density at radius 3 is 2.71 bits per heavy atom. The number of nitro groups is 1. The molecule has 10 heteroatoms. The lowest BCUT2D eigenvalue weighted by Gasteiger charge is -2.16. The predicted octanol–water partition coefficient (Wildman–Crippen LogP) is 0.375. The Morgan fingerprint density at radius 1 is 1.48 bits per heavy atom. The minimum Gasteiger partial charge on any atom is -0.306 e. The Bertz CT molecular complexity index is 706. The molecule has 1 aliphatic rings. The molecule has 114 valence electrons. The Hall–Kier alpha value is -2.07. The van der Waals surface area contributed by atoms with Crippen LogP contribution in [0.4, 0.5) is 15.8 Å². The van der Waals surface area contributed by atoms with E-state index in [4.69, 9.17) is 5.14 Å². The Morgan fingerprint density at radius 2 is 2.14 bits per heavy atom. The van der Waals surface area contributed by atoms with Crippen molar-refractivity contribution in [2.45, 2.75) is 6.42 Å². The van der Waals surface area contributed by atoms with Crippen LogP contribution in [0.2, 0.25) is 0 Å². The number of amides is 1. The largest absolute Gasteiger partial charge is 0.306 e. The second-order valence-corrected chi connectivity index (χ2v) is 6.45. The van der Waals surface area contributed by atoms with Crippen LogP contribution in [0.5, 0.6) is 0 Å². The first-order valence-corrected chi connectivity index (χ1v) is 7.63. The highest BCUT2D eigenvalue weighted by Gasteiger charge is 2.36. The van der Waals surface area contributed by atoms with Gasteiger partial charge in [0.2, 0.25) is 15.9 Å². The first-order valence-electron chi connectivity index (χ1n) is 5.92. The van der Waals surface area contributed by atoms with Crippen molar-refractivity contribution in [2.75, 3.05) is 17.2 Å². The molecule has 1 unspecified atom stereocenters. The number of nitrogens with two attached hydrogens (primary N) is 1. The molecule has 0 saturated carbocycles. The number of nitrogens with zero attached hydrogens (tertiary/aromatic N) is 2. The van der Waals surface area contributed by atoms with Gasteiger partial charge in [-0.25, -0.2) is 17.9 Å². The average Bonchev–Trinajstić information content (AvgIpc) is 2.66. The smallest absolute Gasteiger partial charge is 0.293 e. The molecular formula is C11H12FN3O5S. The van der Waals surface area contributed by atoms with Crippen LogP contribution >= 0.6 is 0 Å². The summed E-state index contributed by atoms with van der Waals surface area (Å²) in [4.78, 5) is 23.1. The van der Waals surface area contributed by atoms with Gasteiger partial charge >= 0.3 is 0 Å². The van der Waals surface area contributed by atoms with Crippen molar-refractivity contribution in [1.82, 2.24) is 0 Å². The van der Waals surface area contributed by atoms with Crippen molar-refractivity contribution >= 4 is 27.3 Å². The first kappa shape index (κ1) is 15.3. The summed E-state index contributed by atoms with van der Waals surface area (Å²) in [7, 11) is -3.76. The molecule has 0 bridgehead atoms. The first-order chi connectivity index (χ1) is 9.67. The third-order valence-corrected chi connectivity index (χ3v) is 4.03. The molecule has 1 aliphatic heterocycles. The molecule has 0 spiro atoms. The lowest BCUT2D eigenvalue weighted by Crippen LogP contribution is -2.28. The summed E-state index contributed by atoms with van der Waals surface area (Å²) >= 11 is 0. The monoisotopic (exact) mass is 317 g/mol. The number of primary sulfonamides is 1. The fraction of sp³-hybridized carbons (Fsp3) is 0.364. The number of carbonyl (C=O) groups excluding carboxylic acids is 1. The number of nitro benzene ring substituents is 1. The molecule has 1 atom stereocenters. The molecule has 1 fully saturated rings. The van der Waals surface area contributed by atoms with Crippen LogP contribution in [0.25, 0.3) is 0 Å². The van der Waals surface area contributed by atoms with E-state index < -0.39 is 44.0 Å². The SMILES string of the molecule is NS(=O)(=O)CC1CC(=O)N(c2cc(F)ccc2[N+](=O)[O-])C1. The number of halogens is 1. The number of hydrogen-bond acceptors (Lipinski definition) is 5. The topological polar surface area (TPSA) is 124 Å². The zero-order chi connectivity index (χ0) is 15.8. The van der Waals surface area contributed by atoms with E-state index in [0.29, 0.717) is 0 Å². The Labute approximate surface area is 119 Å². The van der Waals surface area contributed by atoms with Crippen molar-refractivity contribution in [3.8, 4) is 0 Å². The molecule has 1 amide bonds. The van der Waals surface area contributed by atoms with E-state index in [0.717, 1.165) is 23.1 Å². The maximum absolute atomic E-state index is 13.3. The van der Waals surface area contributed by atoms with Crippen molar-refractivity contribution < 1.29 is 22.5 Å². The van der Waals surface area contributed by atoms with Crippen molar-refractivity contribution in [1.29, 1.82) is 0 Å². The molecule has 8 nitrogen and oxygen atoms in total. The van der Waals surface area contributed by atoms with Gasteiger partial charge in [0.25, 0.3) is 5.69 Å². The Kier molecular flexibility index (Phi) is 3.92. The summed E-state index contributed by atoms with van der Waals surface area (Å²) in [5.41, 5.74) is -0.595. The van der Waals surface area contributed by atoms with Crippen LogP contribution in [0, 0.1) is 21.8 Å². The summed E-state index contributed by atoms with van der Waals surface area (Å²) in [6.45, 7) is -0.0560. The normalized spacial score (nSPS) is 19.0. The summed E-state index contributed by atoms with van der Waals surface area (Å²) in [6.07, 6.45) is -0.107. The van der Waals surface area contributed by atoms with E-state index in [1.165, 1.54) is 0 Å². The zero-order valence-electron chi connectivity index (χ0n) is 10.7. The highest BCUT2D eigenvalue weighted by molar-refractivity contribution is 7.89. The van der Waals surface area contributed by atoms with Crippen LogP contribution in [0.15, 0.2) is 18.2 Å². The van der Waals surface area contributed by atoms with Crippen LogP contribution in [-0.2, 0) is 14.8 Å². The maximum atomic E-state index is 13.3. The van der Waals surface area contributed by atoms with Gasteiger partial charge in [0.15, 0.2) is 0 Å². The average molecular weight is 317 g/mol. The van der Waals surface area contributed by atoms with Gasteiger partial charge in [-0.3, -0.25) is 14.9 Å². The van der Waals surface area contributed by atoms with Gasteiger partial charge in [-0.15, -0.1) is 0 Å². The lowest BCUT2D eigenvalue weighted by atomic mass is 10.1. The number of sulfonamides is 1. The van der Waals surface area contributed by atoms with Gasteiger partial charge < -0.3 is 4.90 Å². The van der Waals surface area contributed by atoms with Gasteiger partial charge in [0.05, 0.1) is 10.7 Å². The van der Waals surface area contributed by atoms with Crippen LogP contribution in [0.3, 0.4) is 0 Å². The summed E-state index contributed by atoms with van der Waals surface area (Å²) < 4.78 is 35.4. The van der Waals surface area contributed by atoms with E-state index in [-0.39, 0.29) is 18.7 Å². The summed E-state index contributed by atoms with van der Waals surface area (Å²) in [5.74, 6) is -2.20. The standard InChI is InChI=1S/C11H12FN3O5S/c12-8-1-2-9(15(17)18)10(4-8)14-5-7(3-11(14)16)6-21(13,19)20/h1-2,4,7H,3,5-6H2,(H2,13,19,20). The van der Waals surface area contributed by atoms with Gasteiger partial charge in [-0.05, 0) is 6.07 Å². The van der Waals surface area contributed by atoms with Crippen molar-refractivity contribution in [3.63, 3.8) is 0 Å². The number of rotatable bonds is 4. The zero-order valence-corrected chi connectivity index (χ0v) is 11.5. The summed E-state index contributed by atoms with van der Waals surface area (Å²) in [6, 6.07) is 2.77. The molecular weight excluding hydrogens is 305 g/mol. The number of benzene rings is 1. The van der Waals surface area contributed by atoms with Crippen LogP contribution < -0.4 is 10.0 Å². The quantitative estimate of drug-likeness (QED) is 0.635. The lowest BCUT2D eigenvalue weighted by molar-refractivity contribution is -0.384. The molecule has 1 aromatic carbocycles. The van der Waals surface area contributed by atoms with Gasteiger partial charge in [-0.1, -0.05) is 0 Å². The number of anilines is 1. The molecule has 21 heavy (non-hydrogen) atoms. The van der Waals surface area contributed by atoms with E-state index in [1.54, 1.807) is 0 Å². The van der Waals surface area contributed by atoms with E-state index >= 15 is 0 Å². The van der Waals surface area contributed by atoms with Crippen LogP contribution in [-0.4, -0.2) is 31.5 Å². The molecule has 0 aliphatic carbocycles. The fourth-order valence-corrected chi connectivity index (χ4v) is 3.20. The molecule has 1 heterocycles. The second kappa shape index (κ2) is 5.37. The van der Waals surface area contributed by atoms with Gasteiger partial charge in [-0.2, -0.15) is 0 Å². The minimum atomic E-state index is -3.76. The predicted molar refractivity (Wildman–Crippen MR) is 71.5 cm³/mol. The third kappa shape index (κ3) is 3.52. The number of hydrogen-bond donors (Lipinski definition) is 1. The van der Waals surface area contributed by atoms with Gasteiger partial charge in [0.1, 0.15) is 11.5 Å². The minimum absolute atomic E-state index is 0.0560. The molecule has 0 aromatic heterocycles. The molecule has 0 radical (unpaired) electrons. The van der Waals surface area contributed by atoms with E-state index in [1.807, 2.05) is 0 Å². The second-order valence-electron chi connectivity index (χ2n) is 4.79. The summed E-state index contributed by atoms with van der Waals surface area (Å²) in [5, 5.41) is 15.9. The van der Waals surface area contributed by atoms with E-state index in [2.05, 4.69) is 0 Å². The van der Waals surface area contributed by atoms with E-state index in [9.17, 15) is 27.7 Å². The highest BCUT2D eigenvalue weighted by Crippen LogP contribution is 2.33. The van der Waals surface area contributed by atoms with Crippen molar-refractivity contribution in [3.05, 3.63) is 34.1 Å². The molecule has 1 saturated heterocycles. The molecule has 2 rings (SSSR count). The molecule has 1 aromatic rings. The van der Waals surface area contributed by atoms with Gasteiger partial charge in [0, 0.05) is 31.0 Å². The van der Waals surface area contributed by atoms with Crippen LogP contribution in [0.1, 0.15) is 6.42 Å². The highest BCUT2D eigenvalue weighted by atomic mass is 32.2. The fourth-order valence-electron chi connectivity index (χ4n) is 2.32. The van der Waals surface area contributed by atoms with Crippen molar-refractivity contribution in [2.24, 2.45) is 11.1 Å². The molecule has 2 N–H and O–H groups in total. The third-order valence-electron chi connectivity index (χ3n) is 3.10.